The van der Waals surface area contributed by atoms with E-state index in [-0.39, 0.29) is 0 Å². The van der Waals surface area contributed by atoms with Crippen LogP contribution in [0.25, 0.3) is 0 Å². The van der Waals surface area contributed by atoms with Crippen molar-refractivity contribution < 1.29 is 31.1 Å². The van der Waals surface area contributed by atoms with Crippen molar-refractivity contribution in [3.63, 3.8) is 0 Å². The highest BCUT2D eigenvalue weighted by Gasteiger charge is 2.87. The van der Waals surface area contributed by atoms with E-state index in [1.54, 1.807) is 0 Å². The number of alkyl halides is 6. The van der Waals surface area contributed by atoms with Crippen molar-refractivity contribution in [3.8, 4) is 0 Å². The van der Waals surface area contributed by atoms with Gasteiger partial charge < -0.3 is 0 Å². The van der Waals surface area contributed by atoms with Crippen molar-refractivity contribution in [2.45, 2.75) is 17.9 Å². The van der Waals surface area contributed by atoms with Crippen molar-refractivity contribution in [3.05, 3.63) is 0 Å². The molecule has 1 fully saturated rings. The zero-order valence-electron chi connectivity index (χ0n) is 4.88. The lowest BCUT2D eigenvalue weighted by molar-refractivity contribution is -0.228. The van der Waals surface area contributed by atoms with E-state index in [9.17, 15) is 26.3 Å². The van der Waals surface area contributed by atoms with Crippen LogP contribution in [0.2, 0.25) is 0 Å². The first-order valence-electron chi connectivity index (χ1n) is 2.47. The summed E-state index contributed by atoms with van der Waals surface area (Å²) in [6.45, 7) is -2.15. The van der Waals surface area contributed by atoms with Crippen LogP contribution >= 0.6 is 0 Å². The second kappa shape index (κ2) is 1.82. The maximum Gasteiger partial charge on any atom is 0.454 e. The molecule has 2 unspecified atom stereocenters. The second-order valence-corrected chi connectivity index (χ2v) is 2.06. The van der Waals surface area contributed by atoms with Gasteiger partial charge in [-0.1, -0.05) is 0 Å². The smallest absolute Gasteiger partial charge is 0.289 e. The summed E-state index contributed by atoms with van der Waals surface area (Å²) in [5, 5.41) is 0. The summed E-state index contributed by atoms with van der Waals surface area (Å²) in [6.07, 6.45) is -5.52. The molecule has 11 heavy (non-hydrogen) atoms. The molecule has 1 saturated heterocycles. The predicted molar refractivity (Wildman–Crippen MR) is 20.8 cm³/mol. The molecule has 0 saturated carbocycles. The van der Waals surface area contributed by atoms with Crippen LogP contribution in [-0.4, -0.2) is 24.6 Å². The van der Waals surface area contributed by atoms with Crippen molar-refractivity contribution in [1.82, 2.24) is 0 Å². The van der Waals surface area contributed by atoms with Crippen LogP contribution in [0.3, 0.4) is 0 Å². The minimum atomic E-state index is -5.52. The Morgan fingerprint density at radius 2 is 1.64 bits per heavy atom. The molecular formula is C4H2F6O. The Hall–Kier alpha value is -0.460. The molecule has 2 atom stereocenters. The van der Waals surface area contributed by atoms with E-state index >= 15 is 0 Å². The molecule has 1 heterocycles. The first-order chi connectivity index (χ1) is 4.77. The third-order valence-corrected chi connectivity index (χ3v) is 1.28. The number of hydrogen-bond donors (Lipinski definition) is 0. The molecule has 1 aliphatic heterocycles. The number of epoxide rings is 1. The van der Waals surface area contributed by atoms with Crippen LogP contribution in [0, 0.1) is 0 Å². The maximum absolute atomic E-state index is 12.1. The van der Waals surface area contributed by atoms with Crippen molar-refractivity contribution in [1.29, 1.82) is 0 Å². The van der Waals surface area contributed by atoms with Gasteiger partial charge in [-0.2, -0.15) is 17.6 Å². The van der Waals surface area contributed by atoms with Crippen LogP contribution in [0.15, 0.2) is 0 Å². The van der Waals surface area contributed by atoms with Crippen LogP contribution in [0.4, 0.5) is 26.3 Å². The summed E-state index contributed by atoms with van der Waals surface area (Å²) in [6, 6.07) is 0. The normalized spacial score (nSPS) is 44.2. The van der Waals surface area contributed by atoms with Crippen molar-refractivity contribution in [2.24, 2.45) is 0 Å². The second-order valence-electron chi connectivity index (χ2n) is 2.06. The molecular weight excluding hydrogens is 178 g/mol. The van der Waals surface area contributed by atoms with Crippen LogP contribution in [0.5, 0.6) is 0 Å². The zero-order chi connectivity index (χ0) is 8.91. The van der Waals surface area contributed by atoms with E-state index < -0.39 is 24.6 Å². The first-order valence-corrected chi connectivity index (χ1v) is 2.47. The standard InChI is InChI=1S/C4H2F6O/c5-1-2(6)3(7,11-2)4(8,9)10/h1H2. The molecule has 0 spiro atoms. The van der Waals surface area contributed by atoms with Gasteiger partial charge in [-0.25, -0.2) is 8.78 Å². The van der Waals surface area contributed by atoms with Gasteiger partial charge in [0.25, 0.3) is 0 Å². The van der Waals surface area contributed by atoms with E-state index in [0.29, 0.717) is 0 Å². The highest BCUT2D eigenvalue weighted by atomic mass is 19.4. The fraction of sp³-hybridized carbons (Fsp3) is 1.00. The van der Waals surface area contributed by atoms with Gasteiger partial charge in [0.05, 0.1) is 0 Å². The SMILES string of the molecule is FCC1(F)OC1(F)C(F)(F)F. The Kier molecular flexibility index (Phi) is 1.43. The molecule has 1 nitrogen and oxygen atoms in total. The minimum Gasteiger partial charge on any atom is -0.289 e. The summed E-state index contributed by atoms with van der Waals surface area (Å²) >= 11 is 0. The van der Waals surface area contributed by atoms with E-state index in [2.05, 4.69) is 4.74 Å². The van der Waals surface area contributed by atoms with Gasteiger partial charge in [-0.15, -0.1) is 0 Å². The topological polar surface area (TPSA) is 12.5 Å². The molecule has 66 valence electrons. The fourth-order valence-corrected chi connectivity index (χ4v) is 0.580. The van der Waals surface area contributed by atoms with Gasteiger partial charge >= 0.3 is 17.9 Å². The summed E-state index contributed by atoms with van der Waals surface area (Å²) in [4.78, 5) is 0. The molecule has 0 aromatic heterocycles. The molecule has 0 N–H and O–H groups in total. The largest absolute Gasteiger partial charge is 0.454 e. The van der Waals surface area contributed by atoms with Crippen molar-refractivity contribution >= 4 is 0 Å². The summed E-state index contributed by atoms with van der Waals surface area (Å²) < 4.78 is 72.7. The Labute approximate surface area is 56.9 Å². The number of hydrogen-bond acceptors (Lipinski definition) is 1. The molecule has 0 bridgehead atoms. The Morgan fingerprint density at radius 1 is 1.18 bits per heavy atom. The summed E-state index contributed by atoms with van der Waals surface area (Å²) in [5.41, 5.74) is 0. The highest BCUT2D eigenvalue weighted by molar-refractivity contribution is 5.06. The molecule has 1 rings (SSSR count). The van der Waals surface area contributed by atoms with E-state index in [0.717, 1.165) is 0 Å². The van der Waals surface area contributed by atoms with Gasteiger partial charge in [0.15, 0.2) is 6.67 Å². The van der Waals surface area contributed by atoms with Gasteiger partial charge in [0, 0.05) is 0 Å². The maximum atomic E-state index is 12.1. The van der Waals surface area contributed by atoms with Crippen LogP contribution in [0.1, 0.15) is 0 Å². The van der Waals surface area contributed by atoms with Crippen LogP contribution < -0.4 is 0 Å². The summed E-state index contributed by atoms with van der Waals surface area (Å²) in [5.74, 6) is -8.28. The lowest BCUT2D eigenvalue weighted by Crippen LogP contribution is -2.35. The Bertz CT molecular complexity index is 178. The van der Waals surface area contributed by atoms with Crippen LogP contribution in [-0.2, 0) is 4.74 Å². The molecule has 1 aliphatic rings. The monoisotopic (exact) mass is 180 g/mol. The van der Waals surface area contributed by atoms with E-state index in [1.165, 1.54) is 0 Å². The van der Waals surface area contributed by atoms with Crippen molar-refractivity contribution in [2.75, 3.05) is 6.67 Å². The van der Waals surface area contributed by atoms with Gasteiger partial charge in [-0.05, 0) is 0 Å². The minimum absolute atomic E-state index is 2.15. The lowest BCUT2D eigenvalue weighted by Gasteiger charge is -2.07. The first kappa shape index (κ1) is 8.63. The van der Waals surface area contributed by atoms with E-state index in [1.807, 2.05) is 0 Å². The van der Waals surface area contributed by atoms with E-state index in [4.69, 9.17) is 0 Å². The number of rotatable bonds is 1. The molecule has 7 heteroatoms. The average molecular weight is 180 g/mol. The third kappa shape index (κ3) is 0.901. The Balaban J connectivity index is 2.77. The molecule has 0 aromatic carbocycles. The fourth-order valence-electron chi connectivity index (χ4n) is 0.580. The zero-order valence-corrected chi connectivity index (χ0v) is 4.88. The predicted octanol–water partition coefficient (Wildman–Crippen LogP) is 1.88. The molecule has 0 amide bonds. The number of halogens is 6. The summed E-state index contributed by atoms with van der Waals surface area (Å²) in [7, 11) is 0. The van der Waals surface area contributed by atoms with Gasteiger partial charge in [0.2, 0.25) is 0 Å². The molecule has 0 radical (unpaired) electrons. The highest BCUT2D eigenvalue weighted by Crippen LogP contribution is 2.59. The molecule has 0 aliphatic carbocycles. The lowest BCUT2D eigenvalue weighted by atomic mass is 10.2. The number of ether oxygens (including phenoxy) is 1. The average Bonchev–Trinajstić information content (AvgIpc) is 2.38. The molecule has 0 aromatic rings. The third-order valence-electron chi connectivity index (χ3n) is 1.28. The van der Waals surface area contributed by atoms with Gasteiger partial charge in [-0.3, -0.25) is 4.74 Å². The Morgan fingerprint density at radius 3 is 1.73 bits per heavy atom. The van der Waals surface area contributed by atoms with Gasteiger partial charge in [0.1, 0.15) is 0 Å². The quantitative estimate of drug-likeness (QED) is 0.443.